The van der Waals surface area contributed by atoms with Crippen LogP contribution in [0, 0.1) is 5.92 Å². The third kappa shape index (κ3) is 6.81. The van der Waals surface area contributed by atoms with Gasteiger partial charge in [-0.3, -0.25) is 4.79 Å². The molecular formula is C26H34N2O3. The van der Waals surface area contributed by atoms with E-state index in [1.807, 2.05) is 24.3 Å². The topological polar surface area (TPSA) is 50.8 Å². The van der Waals surface area contributed by atoms with Crippen LogP contribution in [0.25, 0.3) is 0 Å². The van der Waals surface area contributed by atoms with Crippen LogP contribution in [0.3, 0.4) is 0 Å². The molecule has 4 rings (SSSR count). The summed E-state index contributed by atoms with van der Waals surface area (Å²) in [6.45, 7) is 5.59. The van der Waals surface area contributed by atoms with Gasteiger partial charge in [0.25, 0.3) is 5.91 Å². The molecule has 5 nitrogen and oxygen atoms in total. The van der Waals surface area contributed by atoms with Crippen LogP contribution in [0.1, 0.15) is 41.6 Å². The lowest BCUT2D eigenvalue weighted by Gasteiger charge is -2.32. The van der Waals surface area contributed by atoms with Crippen molar-refractivity contribution >= 4 is 5.91 Å². The molecule has 0 aliphatic carbocycles. The van der Waals surface area contributed by atoms with E-state index in [0.29, 0.717) is 11.5 Å². The Kier molecular flexibility index (Phi) is 7.97. The molecule has 2 heterocycles. The zero-order valence-corrected chi connectivity index (χ0v) is 18.3. The number of nitrogens with zero attached hydrogens (tertiary/aromatic N) is 1. The van der Waals surface area contributed by atoms with E-state index in [2.05, 4.69) is 40.5 Å². The lowest BCUT2D eigenvalue weighted by molar-refractivity contribution is 0.0642. The summed E-state index contributed by atoms with van der Waals surface area (Å²) in [6, 6.07) is 18.3. The molecule has 2 aromatic carbocycles. The Morgan fingerprint density at radius 2 is 1.68 bits per heavy atom. The molecule has 2 saturated heterocycles. The average molecular weight is 423 g/mol. The summed E-state index contributed by atoms with van der Waals surface area (Å²) in [4.78, 5) is 14.9. The van der Waals surface area contributed by atoms with Gasteiger partial charge in [-0.1, -0.05) is 30.3 Å². The molecule has 5 heteroatoms. The van der Waals surface area contributed by atoms with Crippen LogP contribution in [0.4, 0.5) is 0 Å². The van der Waals surface area contributed by atoms with Crippen molar-refractivity contribution in [3.8, 4) is 5.75 Å². The molecule has 1 N–H and O–H groups in total. The lowest BCUT2D eigenvalue weighted by Crippen LogP contribution is -2.39. The van der Waals surface area contributed by atoms with Crippen molar-refractivity contribution in [1.82, 2.24) is 10.2 Å². The zero-order valence-electron chi connectivity index (χ0n) is 18.3. The second-order valence-corrected chi connectivity index (χ2v) is 8.68. The maximum atomic E-state index is 12.4. The Morgan fingerprint density at radius 1 is 0.968 bits per heavy atom. The minimum absolute atomic E-state index is 0.00948. The number of piperidine rings is 1. The second kappa shape index (κ2) is 11.3. The van der Waals surface area contributed by atoms with Crippen LogP contribution in [0.5, 0.6) is 5.75 Å². The minimum Gasteiger partial charge on any atom is -0.490 e. The Hall–Kier alpha value is -2.37. The Labute approximate surface area is 185 Å². The van der Waals surface area contributed by atoms with Crippen molar-refractivity contribution in [3.05, 3.63) is 65.7 Å². The van der Waals surface area contributed by atoms with Gasteiger partial charge in [0.05, 0.1) is 0 Å². The predicted molar refractivity (Wildman–Crippen MR) is 123 cm³/mol. The Morgan fingerprint density at radius 3 is 2.39 bits per heavy atom. The van der Waals surface area contributed by atoms with Gasteiger partial charge in [-0.05, 0) is 67.9 Å². The molecule has 2 aliphatic rings. The maximum Gasteiger partial charge on any atom is 0.251 e. The summed E-state index contributed by atoms with van der Waals surface area (Å²) in [7, 11) is 0. The van der Waals surface area contributed by atoms with Crippen LogP contribution < -0.4 is 10.1 Å². The van der Waals surface area contributed by atoms with Gasteiger partial charge in [-0.25, -0.2) is 0 Å². The van der Waals surface area contributed by atoms with Gasteiger partial charge in [0.1, 0.15) is 11.9 Å². The second-order valence-electron chi connectivity index (χ2n) is 8.68. The molecule has 0 saturated carbocycles. The normalized spacial score (nSPS) is 18.6. The van der Waals surface area contributed by atoms with Crippen LogP contribution >= 0.6 is 0 Å². The standard InChI is InChI=1S/C26H34N2O3/c29-26(27-20-22-13-18-30-19-14-22)23-6-8-24(9-7-23)31-25-11-16-28(17-12-25)15-10-21-4-2-1-3-5-21/h1-9,22,25H,10-20H2,(H,27,29). The number of ether oxygens (including phenoxy) is 2. The number of carbonyl (C=O) groups excluding carboxylic acids is 1. The van der Waals surface area contributed by atoms with Crippen molar-refractivity contribution in [1.29, 1.82) is 0 Å². The third-order valence-electron chi connectivity index (χ3n) is 6.41. The van der Waals surface area contributed by atoms with Crippen LogP contribution in [-0.4, -0.2) is 56.3 Å². The first kappa shape index (κ1) is 21.8. The fraction of sp³-hybridized carbons (Fsp3) is 0.500. The fourth-order valence-electron chi connectivity index (χ4n) is 4.35. The van der Waals surface area contributed by atoms with E-state index in [9.17, 15) is 4.79 Å². The average Bonchev–Trinajstić information content (AvgIpc) is 2.84. The molecule has 0 aromatic heterocycles. The zero-order chi connectivity index (χ0) is 21.3. The number of likely N-dealkylation sites (tertiary alicyclic amines) is 1. The number of benzene rings is 2. The third-order valence-corrected chi connectivity index (χ3v) is 6.41. The van der Waals surface area contributed by atoms with E-state index in [1.54, 1.807) is 0 Å². The monoisotopic (exact) mass is 422 g/mol. The van der Waals surface area contributed by atoms with Crippen molar-refractivity contribution in [2.24, 2.45) is 5.92 Å². The van der Waals surface area contributed by atoms with E-state index < -0.39 is 0 Å². The molecule has 2 fully saturated rings. The lowest BCUT2D eigenvalue weighted by atomic mass is 10.0. The van der Waals surface area contributed by atoms with Gasteiger partial charge in [0.15, 0.2) is 0 Å². The highest BCUT2D eigenvalue weighted by Crippen LogP contribution is 2.20. The first-order valence-corrected chi connectivity index (χ1v) is 11.7. The first-order chi connectivity index (χ1) is 15.3. The van der Waals surface area contributed by atoms with Gasteiger partial charge in [-0.2, -0.15) is 0 Å². The molecule has 0 radical (unpaired) electrons. The molecule has 2 aromatic rings. The number of nitrogens with one attached hydrogen (secondary N) is 1. The first-order valence-electron chi connectivity index (χ1n) is 11.7. The molecule has 0 spiro atoms. The molecule has 2 aliphatic heterocycles. The number of carbonyl (C=O) groups is 1. The molecule has 166 valence electrons. The molecule has 31 heavy (non-hydrogen) atoms. The van der Waals surface area contributed by atoms with E-state index in [1.165, 1.54) is 5.56 Å². The van der Waals surface area contributed by atoms with E-state index in [-0.39, 0.29) is 12.0 Å². The van der Waals surface area contributed by atoms with Gasteiger partial charge in [0.2, 0.25) is 0 Å². The highest BCUT2D eigenvalue weighted by molar-refractivity contribution is 5.94. The molecule has 1 amide bonds. The summed E-state index contributed by atoms with van der Waals surface area (Å²) < 4.78 is 11.6. The molecule has 0 bridgehead atoms. The van der Waals surface area contributed by atoms with Crippen molar-refractivity contribution in [2.45, 2.75) is 38.2 Å². The Bertz CT molecular complexity index is 795. The number of hydrogen-bond donors (Lipinski definition) is 1. The largest absolute Gasteiger partial charge is 0.490 e. The SMILES string of the molecule is O=C(NCC1CCOCC1)c1ccc(OC2CCN(CCc3ccccc3)CC2)cc1. The Balaban J connectivity index is 1.16. The van der Waals surface area contributed by atoms with Crippen molar-refractivity contribution in [3.63, 3.8) is 0 Å². The predicted octanol–water partition coefficient (Wildman–Crippen LogP) is 3.93. The molecule has 0 atom stereocenters. The van der Waals surface area contributed by atoms with Gasteiger partial charge < -0.3 is 19.7 Å². The van der Waals surface area contributed by atoms with Crippen LogP contribution in [-0.2, 0) is 11.2 Å². The summed E-state index contributed by atoms with van der Waals surface area (Å²) in [5, 5.41) is 3.06. The number of rotatable bonds is 8. The highest BCUT2D eigenvalue weighted by Gasteiger charge is 2.20. The van der Waals surface area contributed by atoms with Crippen molar-refractivity contribution in [2.75, 3.05) is 39.4 Å². The molecular weight excluding hydrogens is 388 g/mol. The quantitative estimate of drug-likeness (QED) is 0.700. The van der Waals surface area contributed by atoms with Gasteiger partial charge in [-0.15, -0.1) is 0 Å². The summed E-state index contributed by atoms with van der Waals surface area (Å²) in [6.07, 6.45) is 5.49. The van der Waals surface area contributed by atoms with Gasteiger partial charge >= 0.3 is 0 Å². The minimum atomic E-state index is -0.00948. The number of amides is 1. The van der Waals surface area contributed by atoms with E-state index in [4.69, 9.17) is 9.47 Å². The summed E-state index contributed by atoms with van der Waals surface area (Å²) >= 11 is 0. The van der Waals surface area contributed by atoms with E-state index >= 15 is 0 Å². The fourth-order valence-corrected chi connectivity index (χ4v) is 4.35. The molecule has 0 unspecified atom stereocenters. The van der Waals surface area contributed by atoms with Crippen LogP contribution in [0.15, 0.2) is 54.6 Å². The van der Waals surface area contributed by atoms with E-state index in [0.717, 1.165) is 77.2 Å². The number of hydrogen-bond acceptors (Lipinski definition) is 4. The van der Waals surface area contributed by atoms with Crippen LogP contribution in [0.2, 0.25) is 0 Å². The summed E-state index contributed by atoms with van der Waals surface area (Å²) in [5.74, 6) is 1.37. The summed E-state index contributed by atoms with van der Waals surface area (Å²) in [5.41, 5.74) is 2.09. The smallest absolute Gasteiger partial charge is 0.251 e. The van der Waals surface area contributed by atoms with Gasteiger partial charge in [0, 0.05) is 45.0 Å². The maximum absolute atomic E-state index is 12.4. The van der Waals surface area contributed by atoms with Crippen molar-refractivity contribution < 1.29 is 14.3 Å². The highest BCUT2D eigenvalue weighted by atomic mass is 16.5.